The Morgan fingerprint density at radius 2 is 1.79 bits per heavy atom. The molecule has 0 aliphatic heterocycles. The van der Waals surface area contributed by atoms with Crippen molar-refractivity contribution < 1.29 is 14.2 Å². The number of fused-ring (bicyclic) bond motifs is 1. The van der Waals surface area contributed by atoms with Gasteiger partial charge in [-0.3, -0.25) is 5.43 Å². The zero-order valence-corrected chi connectivity index (χ0v) is 17.5. The molecule has 2 aromatic carbocycles. The number of rotatable bonds is 6. The van der Waals surface area contributed by atoms with Crippen LogP contribution >= 0.6 is 11.3 Å². The molecule has 1 aromatic heterocycles. The Bertz CT molecular complexity index is 1050. The molecule has 150 valence electrons. The van der Waals surface area contributed by atoms with Crippen LogP contribution < -0.4 is 19.6 Å². The van der Waals surface area contributed by atoms with E-state index in [1.165, 1.54) is 16.9 Å². The van der Waals surface area contributed by atoms with Crippen LogP contribution in [0, 0.1) is 0 Å². The highest BCUT2D eigenvalue weighted by Crippen LogP contribution is 2.34. The third kappa shape index (κ3) is 3.91. The van der Waals surface area contributed by atoms with Gasteiger partial charge < -0.3 is 14.2 Å². The zero-order chi connectivity index (χ0) is 20.2. The second-order valence-corrected chi connectivity index (χ2v) is 7.48. The first-order valence-corrected chi connectivity index (χ1v) is 10.3. The van der Waals surface area contributed by atoms with Gasteiger partial charge >= 0.3 is 0 Å². The molecular weight excluding hydrogens is 386 g/mol. The molecule has 29 heavy (non-hydrogen) atoms. The Balaban J connectivity index is 1.55. The molecule has 1 aliphatic carbocycles. The molecule has 7 heteroatoms. The van der Waals surface area contributed by atoms with Crippen LogP contribution in [0.1, 0.15) is 24.0 Å². The van der Waals surface area contributed by atoms with E-state index >= 15 is 0 Å². The average Bonchev–Trinajstić information content (AvgIpc) is 3.25. The van der Waals surface area contributed by atoms with Crippen LogP contribution in [0.3, 0.4) is 0 Å². The topological polar surface area (TPSA) is 65.0 Å². The molecular formula is C22H23N3O3S. The summed E-state index contributed by atoms with van der Waals surface area (Å²) in [5, 5.41) is 7.40. The van der Waals surface area contributed by atoms with E-state index in [0.29, 0.717) is 11.5 Å². The van der Waals surface area contributed by atoms with Gasteiger partial charge in [0.2, 0.25) is 5.13 Å². The summed E-state index contributed by atoms with van der Waals surface area (Å²) < 4.78 is 16.2. The summed E-state index contributed by atoms with van der Waals surface area (Å²) in [5.74, 6) is 2.31. The lowest BCUT2D eigenvalue weighted by Crippen LogP contribution is -2.14. The molecule has 1 heterocycles. The molecule has 1 aliphatic rings. The van der Waals surface area contributed by atoms with Gasteiger partial charge in [-0.05, 0) is 43.5 Å². The highest BCUT2D eigenvalue weighted by atomic mass is 32.1. The lowest BCUT2D eigenvalue weighted by atomic mass is 9.89. The molecule has 0 radical (unpaired) electrons. The van der Waals surface area contributed by atoms with E-state index in [1.54, 1.807) is 21.3 Å². The third-order valence-corrected chi connectivity index (χ3v) is 5.72. The second kappa shape index (κ2) is 8.53. The number of hydrogen-bond acceptors (Lipinski definition) is 7. The quantitative estimate of drug-likeness (QED) is 0.581. The SMILES string of the molecule is COc1ccc(-c2csc(N/N=C3\CCCc4c(OC)cccc43)n2)cc1OC. The minimum absolute atomic E-state index is 0.681. The van der Waals surface area contributed by atoms with E-state index in [-0.39, 0.29) is 0 Å². The predicted molar refractivity (Wildman–Crippen MR) is 117 cm³/mol. The number of hydrazone groups is 1. The number of benzene rings is 2. The van der Waals surface area contributed by atoms with Crippen molar-refractivity contribution >= 4 is 22.2 Å². The maximum Gasteiger partial charge on any atom is 0.203 e. The Hall–Kier alpha value is -3.06. The van der Waals surface area contributed by atoms with Crippen molar-refractivity contribution in [3.63, 3.8) is 0 Å². The average molecular weight is 410 g/mol. The highest BCUT2D eigenvalue weighted by Gasteiger charge is 2.19. The van der Waals surface area contributed by atoms with Crippen LogP contribution in [-0.4, -0.2) is 32.0 Å². The van der Waals surface area contributed by atoms with Crippen molar-refractivity contribution in [2.24, 2.45) is 5.10 Å². The maximum absolute atomic E-state index is 5.51. The van der Waals surface area contributed by atoms with Crippen LogP contribution in [0.2, 0.25) is 0 Å². The fourth-order valence-electron chi connectivity index (χ4n) is 3.54. The van der Waals surface area contributed by atoms with Crippen LogP contribution in [0.15, 0.2) is 46.9 Å². The standard InChI is InChI=1S/C22H23N3O3S/c1-26-19-9-5-6-15-16(19)7-4-8-17(15)24-25-22-23-18(13-29-22)14-10-11-20(27-2)21(12-14)28-3/h5-6,9-13H,4,7-8H2,1-3H3,(H,23,25)/b24-17+. The maximum atomic E-state index is 5.51. The van der Waals surface area contributed by atoms with E-state index in [1.807, 2.05) is 35.7 Å². The van der Waals surface area contributed by atoms with Crippen molar-refractivity contribution in [2.45, 2.75) is 19.3 Å². The number of methoxy groups -OCH3 is 3. The van der Waals surface area contributed by atoms with Crippen molar-refractivity contribution in [1.29, 1.82) is 0 Å². The molecule has 1 N–H and O–H groups in total. The first-order valence-electron chi connectivity index (χ1n) is 9.40. The van der Waals surface area contributed by atoms with E-state index in [9.17, 15) is 0 Å². The van der Waals surface area contributed by atoms with Crippen LogP contribution in [0.25, 0.3) is 11.3 Å². The van der Waals surface area contributed by atoms with Gasteiger partial charge in [0.1, 0.15) is 5.75 Å². The number of nitrogens with zero attached hydrogens (tertiary/aromatic N) is 2. The molecule has 0 amide bonds. The predicted octanol–water partition coefficient (Wildman–Crippen LogP) is 4.99. The number of aromatic nitrogens is 1. The number of nitrogens with one attached hydrogen (secondary N) is 1. The van der Waals surface area contributed by atoms with Gasteiger partial charge in [-0.1, -0.05) is 12.1 Å². The minimum atomic E-state index is 0.681. The van der Waals surface area contributed by atoms with Gasteiger partial charge in [0.15, 0.2) is 11.5 Å². The number of thiazole rings is 1. The Labute approximate surface area is 174 Å². The molecule has 3 aromatic rings. The minimum Gasteiger partial charge on any atom is -0.496 e. The van der Waals surface area contributed by atoms with Gasteiger partial charge in [0.05, 0.1) is 32.7 Å². The first kappa shape index (κ1) is 19.3. The lowest BCUT2D eigenvalue weighted by molar-refractivity contribution is 0.355. The number of ether oxygens (including phenoxy) is 3. The summed E-state index contributed by atoms with van der Waals surface area (Å²) in [4.78, 5) is 4.66. The third-order valence-electron chi connectivity index (χ3n) is 4.97. The molecule has 0 fully saturated rings. The first-order chi connectivity index (χ1) is 14.2. The summed E-state index contributed by atoms with van der Waals surface area (Å²) in [6.07, 6.45) is 3.00. The van der Waals surface area contributed by atoms with Gasteiger partial charge in [-0.25, -0.2) is 4.98 Å². The summed E-state index contributed by atoms with van der Waals surface area (Å²) in [5.41, 5.74) is 8.38. The van der Waals surface area contributed by atoms with Crippen LogP contribution in [0.5, 0.6) is 17.2 Å². The van der Waals surface area contributed by atoms with Crippen molar-refractivity contribution in [3.8, 4) is 28.5 Å². The molecule has 0 spiro atoms. The molecule has 0 atom stereocenters. The van der Waals surface area contributed by atoms with Crippen LogP contribution in [-0.2, 0) is 6.42 Å². The molecule has 0 saturated heterocycles. The fraction of sp³-hybridized carbons (Fsp3) is 0.273. The Kier molecular flexibility index (Phi) is 5.67. The molecule has 0 unspecified atom stereocenters. The van der Waals surface area contributed by atoms with Gasteiger partial charge in [0.25, 0.3) is 0 Å². The van der Waals surface area contributed by atoms with Gasteiger partial charge in [-0.2, -0.15) is 5.10 Å². The zero-order valence-electron chi connectivity index (χ0n) is 16.7. The monoisotopic (exact) mass is 409 g/mol. The molecule has 4 rings (SSSR count). The summed E-state index contributed by atoms with van der Waals surface area (Å²) in [6.45, 7) is 0. The van der Waals surface area contributed by atoms with Crippen molar-refractivity contribution in [2.75, 3.05) is 26.8 Å². The summed E-state index contributed by atoms with van der Waals surface area (Å²) in [7, 11) is 4.97. The smallest absolute Gasteiger partial charge is 0.203 e. The second-order valence-electron chi connectivity index (χ2n) is 6.62. The van der Waals surface area contributed by atoms with E-state index in [0.717, 1.165) is 52.7 Å². The summed E-state index contributed by atoms with van der Waals surface area (Å²) in [6, 6.07) is 11.9. The van der Waals surface area contributed by atoms with Crippen molar-refractivity contribution in [3.05, 3.63) is 52.9 Å². The van der Waals surface area contributed by atoms with Crippen LogP contribution in [0.4, 0.5) is 5.13 Å². The van der Waals surface area contributed by atoms with Crippen molar-refractivity contribution in [1.82, 2.24) is 4.98 Å². The highest BCUT2D eigenvalue weighted by molar-refractivity contribution is 7.14. The summed E-state index contributed by atoms with van der Waals surface area (Å²) >= 11 is 1.52. The normalized spacial score (nSPS) is 14.4. The fourth-order valence-corrected chi connectivity index (χ4v) is 4.20. The van der Waals surface area contributed by atoms with Gasteiger partial charge in [0, 0.05) is 22.1 Å². The Morgan fingerprint density at radius 1 is 0.966 bits per heavy atom. The number of hydrogen-bond donors (Lipinski definition) is 1. The largest absolute Gasteiger partial charge is 0.496 e. The molecule has 6 nitrogen and oxygen atoms in total. The number of anilines is 1. The Morgan fingerprint density at radius 3 is 2.59 bits per heavy atom. The molecule has 0 bridgehead atoms. The lowest BCUT2D eigenvalue weighted by Gasteiger charge is -2.20. The van der Waals surface area contributed by atoms with E-state index < -0.39 is 0 Å². The van der Waals surface area contributed by atoms with E-state index in [4.69, 9.17) is 14.2 Å². The van der Waals surface area contributed by atoms with Gasteiger partial charge in [-0.15, -0.1) is 11.3 Å². The van der Waals surface area contributed by atoms with E-state index in [2.05, 4.69) is 21.6 Å². The molecule has 0 saturated carbocycles.